The summed E-state index contributed by atoms with van der Waals surface area (Å²) in [6.07, 6.45) is 3.48. The molecule has 0 aliphatic carbocycles. The fourth-order valence-electron chi connectivity index (χ4n) is 0.840. The molecule has 0 aromatic rings. The Labute approximate surface area is 76.0 Å². The van der Waals surface area contributed by atoms with Gasteiger partial charge in [-0.2, -0.15) is 13.1 Å². The van der Waals surface area contributed by atoms with E-state index in [0.29, 0.717) is 6.42 Å². The van der Waals surface area contributed by atoms with Crippen molar-refractivity contribution in [3.63, 3.8) is 0 Å². The van der Waals surface area contributed by atoms with Crippen LogP contribution in [-0.4, -0.2) is 27.0 Å². The molecule has 6 nitrogen and oxygen atoms in total. The predicted molar refractivity (Wildman–Crippen MR) is 44.7 cm³/mol. The Kier molecular flexibility index (Phi) is 3.02. The molecule has 1 heterocycles. The van der Waals surface area contributed by atoms with Crippen LogP contribution in [0.25, 0.3) is 0 Å². The summed E-state index contributed by atoms with van der Waals surface area (Å²) in [5.41, 5.74) is 4.94. The third-order valence-electron chi connectivity index (χ3n) is 1.43. The highest BCUT2D eigenvalue weighted by atomic mass is 32.2. The van der Waals surface area contributed by atoms with E-state index in [4.69, 9.17) is 5.73 Å². The molecule has 1 aliphatic rings. The van der Waals surface area contributed by atoms with Gasteiger partial charge in [0.1, 0.15) is 6.04 Å². The van der Waals surface area contributed by atoms with Gasteiger partial charge in [0, 0.05) is 0 Å². The summed E-state index contributed by atoms with van der Waals surface area (Å²) in [5, 5.41) is 0. The number of nitrogens with two attached hydrogens (primary N) is 1. The van der Waals surface area contributed by atoms with Crippen LogP contribution in [0.1, 0.15) is 6.42 Å². The van der Waals surface area contributed by atoms with Crippen LogP contribution in [0.4, 0.5) is 0 Å². The zero-order valence-electron chi connectivity index (χ0n) is 6.76. The van der Waals surface area contributed by atoms with Gasteiger partial charge in [0.05, 0.1) is 6.61 Å². The van der Waals surface area contributed by atoms with Crippen LogP contribution in [0.5, 0.6) is 0 Å². The normalized spacial score (nSPS) is 30.0. The van der Waals surface area contributed by atoms with Gasteiger partial charge in [-0.1, -0.05) is 12.2 Å². The van der Waals surface area contributed by atoms with Crippen molar-refractivity contribution in [3.05, 3.63) is 12.2 Å². The van der Waals surface area contributed by atoms with Gasteiger partial charge in [-0.25, -0.2) is 0 Å². The minimum atomic E-state index is -3.84. The molecular formula is C6H10N2O4S. The third-order valence-corrected chi connectivity index (χ3v) is 2.45. The standard InChI is InChI=1S/C6H10N2O4S/c7-6(9)5-3-1-2-4-12-13(10,11)8-5/h1,3,5,8H,2,4H2,(H2,7,9)/b3-1-/t5-/m1/s1. The number of hydrogen-bond acceptors (Lipinski definition) is 4. The Hall–Kier alpha value is -0.920. The Morgan fingerprint density at radius 3 is 2.92 bits per heavy atom. The monoisotopic (exact) mass is 206 g/mol. The van der Waals surface area contributed by atoms with E-state index >= 15 is 0 Å². The molecule has 1 atom stereocenters. The molecule has 1 rings (SSSR count). The molecule has 7 heteroatoms. The largest absolute Gasteiger partial charge is 0.368 e. The van der Waals surface area contributed by atoms with E-state index in [0.717, 1.165) is 0 Å². The summed E-state index contributed by atoms with van der Waals surface area (Å²) in [6, 6.07) is -1.02. The van der Waals surface area contributed by atoms with E-state index in [1.165, 1.54) is 6.08 Å². The highest BCUT2D eigenvalue weighted by Crippen LogP contribution is 2.00. The zero-order valence-corrected chi connectivity index (χ0v) is 7.58. The van der Waals surface area contributed by atoms with Crippen LogP contribution < -0.4 is 10.5 Å². The number of nitrogens with one attached hydrogen (secondary N) is 1. The van der Waals surface area contributed by atoms with Crippen LogP contribution in [0, 0.1) is 0 Å². The fourth-order valence-corrected chi connectivity index (χ4v) is 1.73. The van der Waals surface area contributed by atoms with Gasteiger partial charge in [-0.3, -0.25) is 8.98 Å². The molecule has 0 radical (unpaired) electrons. The van der Waals surface area contributed by atoms with Crippen molar-refractivity contribution in [2.45, 2.75) is 12.5 Å². The molecule has 0 aromatic heterocycles. The van der Waals surface area contributed by atoms with Gasteiger partial charge in [0.25, 0.3) is 0 Å². The zero-order chi connectivity index (χ0) is 9.90. The summed E-state index contributed by atoms with van der Waals surface area (Å²) < 4.78 is 28.4. The lowest BCUT2D eigenvalue weighted by Gasteiger charge is -2.13. The first-order valence-electron chi connectivity index (χ1n) is 3.64. The highest BCUT2D eigenvalue weighted by Gasteiger charge is 2.21. The van der Waals surface area contributed by atoms with Crippen molar-refractivity contribution in [3.8, 4) is 0 Å². The quantitative estimate of drug-likeness (QED) is 0.518. The smallest absolute Gasteiger partial charge is 0.336 e. The molecule has 0 fully saturated rings. The molecule has 13 heavy (non-hydrogen) atoms. The predicted octanol–water partition coefficient (Wildman–Crippen LogP) is -1.35. The Balaban J connectivity index is 2.84. The van der Waals surface area contributed by atoms with Crippen molar-refractivity contribution < 1.29 is 17.4 Å². The molecule has 0 saturated carbocycles. The van der Waals surface area contributed by atoms with Gasteiger partial charge >= 0.3 is 10.3 Å². The van der Waals surface area contributed by atoms with E-state index in [-0.39, 0.29) is 6.61 Å². The van der Waals surface area contributed by atoms with Gasteiger partial charge in [-0.15, -0.1) is 0 Å². The van der Waals surface area contributed by atoms with E-state index < -0.39 is 22.3 Å². The average Bonchev–Trinajstić information content (AvgIpc) is 1.97. The van der Waals surface area contributed by atoms with Gasteiger partial charge < -0.3 is 5.73 Å². The van der Waals surface area contributed by atoms with E-state index in [1.54, 1.807) is 6.08 Å². The summed E-state index contributed by atoms with van der Waals surface area (Å²) in [5.74, 6) is -0.759. The Morgan fingerprint density at radius 2 is 2.31 bits per heavy atom. The van der Waals surface area contributed by atoms with Crippen LogP contribution in [0.3, 0.4) is 0 Å². The minimum Gasteiger partial charge on any atom is -0.368 e. The summed E-state index contributed by atoms with van der Waals surface area (Å²) in [7, 11) is -3.84. The Bertz CT molecular complexity index is 322. The molecule has 1 aliphatic heterocycles. The maximum atomic E-state index is 11.0. The first-order valence-corrected chi connectivity index (χ1v) is 5.05. The lowest BCUT2D eigenvalue weighted by atomic mass is 10.2. The average molecular weight is 206 g/mol. The SMILES string of the molecule is NC(=O)[C@H]1/C=C\CCOS(=O)(=O)N1. The van der Waals surface area contributed by atoms with Crippen molar-refractivity contribution in [2.24, 2.45) is 5.73 Å². The minimum absolute atomic E-state index is 0.0668. The number of amides is 1. The molecule has 0 aromatic carbocycles. The fraction of sp³-hybridized carbons (Fsp3) is 0.500. The van der Waals surface area contributed by atoms with Crippen LogP contribution in [0.2, 0.25) is 0 Å². The number of primary amides is 1. The highest BCUT2D eigenvalue weighted by molar-refractivity contribution is 7.84. The summed E-state index contributed by atoms with van der Waals surface area (Å²) >= 11 is 0. The molecule has 74 valence electrons. The second-order valence-electron chi connectivity index (χ2n) is 2.49. The maximum absolute atomic E-state index is 11.0. The van der Waals surface area contributed by atoms with Gasteiger partial charge in [0.15, 0.2) is 0 Å². The van der Waals surface area contributed by atoms with Crippen LogP contribution in [0.15, 0.2) is 12.2 Å². The number of rotatable bonds is 1. The van der Waals surface area contributed by atoms with Crippen molar-refractivity contribution >= 4 is 16.2 Å². The van der Waals surface area contributed by atoms with Crippen molar-refractivity contribution in [1.82, 2.24) is 4.72 Å². The molecule has 0 bridgehead atoms. The molecule has 0 spiro atoms. The lowest BCUT2D eigenvalue weighted by molar-refractivity contribution is -0.118. The number of carbonyl (C=O) groups excluding carboxylic acids is 1. The van der Waals surface area contributed by atoms with Gasteiger partial charge in [-0.05, 0) is 6.42 Å². The maximum Gasteiger partial charge on any atom is 0.336 e. The molecule has 0 unspecified atom stereocenters. The van der Waals surface area contributed by atoms with Crippen molar-refractivity contribution in [1.29, 1.82) is 0 Å². The Morgan fingerprint density at radius 1 is 1.62 bits per heavy atom. The first kappa shape index (κ1) is 10.2. The number of carbonyl (C=O) groups is 1. The van der Waals surface area contributed by atoms with Crippen LogP contribution >= 0.6 is 0 Å². The van der Waals surface area contributed by atoms with Gasteiger partial charge in [0.2, 0.25) is 5.91 Å². The van der Waals surface area contributed by atoms with E-state index in [2.05, 4.69) is 4.18 Å². The van der Waals surface area contributed by atoms with E-state index in [9.17, 15) is 13.2 Å². The first-order chi connectivity index (χ1) is 6.01. The second kappa shape index (κ2) is 3.86. The van der Waals surface area contributed by atoms with Crippen LogP contribution in [-0.2, 0) is 19.3 Å². The summed E-state index contributed by atoms with van der Waals surface area (Å²) in [4.78, 5) is 10.7. The summed E-state index contributed by atoms with van der Waals surface area (Å²) in [6.45, 7) is 0.0668. The third kappa shape index (κ3) is 3.13. The molecule has 3 N–H and O–H groups in total. The van der Waals surface area contributed by atoms with E-state index in [1.807, 2.05) is 4.72 Å². The topological polar surface area (TPSA) is 98.5 Å². The molecule has 0 saturated heterocycles. The molecular weight excluding hydrogens is 196 g/mol. The number of hydrogen-bond donors (Lipinski definition) is 2. The molecule has 1 amide bonds. The van der Waals surface area contributed by atoms with Crippen molar-refractivity contribution in [2.75, 3.05) is 6.61 Å². The lowest BCUT2D eigenvalue weighted by Crippen LogP contribution is -2.44. The second-order valence-corrected chi connectivity index (χ2v) is 3.87.